The summed E-state index contributed by atoms with van der Waals surface area (Å²) in [6, 6.07) is 9.50. The molecule has 0 aliphatic carbocycles. The Bertz CT molecular complexity index is 989. The van der Waals surface area contributed by atoms with Gasteiger partial charge in [-0.3, -0.25) is 4.79 Å². The Morgan fingerprint density at radius 3 is 2.74 bits per heavy atom. The number of benzene rings is 1. The molecule has 0 radical (unpaired) electrons. The molecule has 138 valence electrons. The highest BCUT2D eigenvalue weighted by molar-refractivity contribution is 5.95. The number of ether oxygens (including phenoxy) is 1. The lowest BCUT2D eigenvalue weighted by molar-refractivity contribution is -0.142. The molecule has 2 N–H and O–H groups in total. The molecule has 1 amide bonds. The number of aromatic amines is 1. The minimum Gasteiger partial charge on any atom is -0.497 e. The number of methoxy groups -OCH3 is 1. The number of carbonyl (C=O) groups is 2. The maximum Gasteiger partial charge on any atom is 0.326 e. The average Bonchev–Trinajstić information content (AvgIpc) is 3.35. The largest absolute Gasteiger partial charge is 0.497 e. The lowest BCUT2D eigenvalue weighted by Gasteiger charge is -2.31. The number of hydrogen-bond acceptors (Lipinski definition) is 5. The summed E-state index contributed by atoms with van der Waals surface area (Å²) in [5.74, 6) is -0.210. The molecule has 0 fully saturated rings. The van der Waals surface area contributed by atoms with E-state index < -0.39 is 17.9 Å². The third kappa shape index (κ3) is 3.05. The SMILES string of the molecule is COc1ccc(-c2ccc(C(=O)N3Cc4[nH]cnc4C[C@H]3C(=O)O)o2)cc1. The van der Waals surface area contributed by atoms with E-state index in [4.69, 9.17) is 9.15 Å². The Hall–Kier alpha value is -3.55. The van der Waals surface area contributed by atoms with Gasteiger partial charge in [-0.15, -0.1) is 0 Å². The zero-order chi connectivity index (χ0) is 19.0. The molecule has 3 heterocycles. The van der Waals surface area contributed by atoms with E-state index in [1.165, 1.54) is 11.2 Å². The van der Waals surface area contributed by atoms with Gasteiger partial charge in [0.25, 0.3) is 5.91 Å². The Balaban J connectivity index is 1.60. The predicted octanol–water partition coefficient (Wildman–Crippen LogP) is 2.33. The molecule has 4 rings (SSSR count). The van der Waals surface area contributed by atoms with E-state index in [0.29, 0.717) is 11.5 Å². The van der Waals surface area contributed by atoms with Gasteiger partial charge in [-0.2, -0.15) is 0 Å². The van der Waals surface area contributed by atoms with Gasteiger partial charge in [0.05, 0.1) is 31.4 Å². The van der Waals surface area contributed by atoms with Crippen molar-refractivity contribution in [1.82, 2.24) is 14.9 Å². The molecule has 0 spiro atoms. The van der Waals surface area contributed by atoms with Crippen LogP contribution >= 0.6 is 0 Å². The molecule has 27 heavy (non-hydrogen) atoms. The molecule has 3 aromatic rings. The Labute approximate surface area is 154 Å². The predicted molar refractivity (Wildman–Crippen MR) is 94.3 cm³/mol. The average molecular weight is 367 g/mol. The summed E-state index contributed by atoms with van der Waals surface area (Å²) >= 11 is 0. The second kappa shape index (κ2) is 6.64. The number of amides is 1. The molecular formula is C19H17N3O5. The number of hydrogen-bond donors (Lipinski definition) is 2. The van der Waals surface area contributed by atoms with Gasteiger partial charge in [-0.25, -0.2) is 9.78 Å². The number of carboxylic acids is 1. The number of furan rings is 1. The van der Waals surface area contributed by atoms with Crippen LogP contribution in [0.25, 0.3) is 11.3 Å². The fraction of sp³-hybridized carbons (Fsp3) is 0.211. The number of nitrogens with one attached hydrogen (secondary N) is 1. The molecule has 8 nitrogen and oxygen atoms in total. The highest BCUT2D eigenvalue weighted by atomic mass is 16.5. The van der Waals surface area contributed by atoms with Gasteiger partial charge in [-0.05, 0) is 36.4 Å². The van der Waals surface area contributed by atoms with Gasteiger partial charge in [-0.1, -0.05) is 0 Å². The number of aliphatic carboxylic acids is 1. The summed E-state index contributed by atoms with van der Waals surface area (Å²) in [7, 11) is 1.58. The molecule has 0 bridgehead atoms. The van der Waals surface area contributed by atoms with Crippen LogP contribution in [0.4, 0.5) is 0 Å². The van der Waals surface area contributed by atoms with Crippen LogP contribution in [0, 0.1) is 0 Å². The zero-order valence-corrected chi connectivity index (χ0v) is 14.5. The van der Waals surface area contributed by atoms with Crippen molar-refractivity contribution in [2.24, 2.45) is 0 Å². The number of aromatic nitrogens is 2. The molecule has 1 atom stereocenters. The summed E-state index contributed by atoms with van der Waals surface area (Å²) < 4.78 is 10.8. The van der Waals surface area contributed by atoms with Crippen LogP contribution < -0.4 is 4.74 Å². The van der Waals surface area contributed by atoms with Crippen LogP contribution in [-0.2, 0) is 17.8 Å². The normalized spacial score (nSPS) is 16.0. The molecule has 1 aliphatic rings. The summed E-state index contributed by atoms with van der Waals surface area (Å²) in [5, 5.41) is 9.53. The number of rotatable bonds is 4. The van der Waals surface area contributed by atoms with Crippen LogP contribution in [-0.4, -0.2) is 45.0 Å². The van der Waals surface area contributed by atoms with Crippen LogP contribution in [0.2, 0.25) is 0 Å². The zero-order valence-electron chi connectivity index (χ0n) is 14.5. The van der Waals surface area contributed by atoms with Crippen LogP contribution in [0.1, 0.15) is 21.9 Å². The number of nitrogens with zero attached hydrogens (tertiary/aromatic N) is 2. The minimum atomic E-state index is -1.07. The quantitative estimate of drug-likeness (QED) is 0.733. The Morgan fingerprint density at radius 2 is 2.04 bits per heavy atom. The van der Waals surface area contributed by atoms with Crippen LogP contribution in [0.3, 0.4) is 0 Å². The second-order valence-electron chi connectivity index (χ2n) is 6.21. The van der Waals surface area contributed by atoms with E-state index in [1.54, 1.807) is 31.4 Å². The second-order valence-corrected chi connectivity index (χ2v) is 6.21. The minimum absolute atomic E-state index is 0.0926. The van der Waals surface area contributed by atoms with Crippen molar-refractivity contribution < 1.29 is 23.8 Å². The third-order valence-corrected chi connectivity index (χ3v) is 4.64. The molecule has 0 saturated carbocycles. The van der Waals surface area contributed by atoms with Gasteiger partial charge in [0.1, 0.15) is 17.6 Å². The van der Waals surface area contributed by atoms with Crippen molar-refractivity contribution >= 4 is 11.9 Å². The van der Waals surface area contributed by atoms with Gasteiger partial charge in [0.15, 0.2) is 5.76 Å². The third-order valence-electron chi connectivity index (χ3n) is 4.64. The Morgan fingerprint density at radius 1 is 1.26 bits per heavy atom. The van der Waals surface area contributed by atoms with Crippen LogP contribution in [0.15, 0.2) is 47.1 Å². The summed E-state index contributed by atoms with van der Waals surface area (Å²) in [4.78, 5) is 32.9. The summed E-state index contributed by atoms with van der Waals surface area (Å²) in [5.41, 5.74) is 2.20. The van der Waals surface area contributed by atoms with E-state index in [0.717, 1.165) is 17.0 Å². The maximum absolute atomic E-state index is 12.9. The highest BCUT2D eigenvalue weighted by Gasteiger charge is 2.37. The number of carbonyl (C=O) groups excluding carboxylic acids is 1. The monoisotopic (exact) mass is 367 g/mol. The van der Waals surface area contributed by atoms with Gasteiger partial charge in [0, 0.05) is 12.0 Å². The first-order valence-corrected chi connectivity index (χ1v) is 8.36. The molecule has 1 aromatic carbocycles. The van der Waals surface area contributed by atoms with E-state index in [-0.39, 0.29) is 18.7 Å². The van der Waals surface area contributed by atoms with Crippen molar-refractivity contribution in [1.29, 1.82) is 0 Å². The van der Waals surface area contributed by atoms with Crippen LogP contribution in [0.5, 0.6) is 5.75 Å². The fourth-order valence-corrected chi connectivity index (χ4v) is 3.17. The van der Waals surface area contributed by atoms with E-state index in [9.17, 15) is 14.7 Å². The van der Waals surface area contributed by atoms with E-state index in [1.807, 2.05) is 12.1 Å². The first-order valence-electron chi connectivity index (χ1n) is 8.36. The topological polar surface area (TPSA) is 109 Å². The number of carboxylic acid groups (broad SMARTS) is 1. The first-order chi connectivity index (χ1) is 13.1. The molecule has 0 unspecified atom stereocenters. The van der Waals surface area contributed by atoms with Gasteiger partial charge in [0.2, 0.25) is 0 Å². The van der Waals surface area contributed by atoms with Crippen molar-refractivity contribution in [3.05, 3.63) is 59.9 Å². The summed E-state index contributed by atoms with van der Waals surface area (Å²) in [6.45, 7) is 0.143. The number of imidazole rings is 1. The van der Waals surface area contributed by atoms with E-state index >= 15 is 0 Å². The molecule has 1 aliphatic heterocycles. The molecule has 0 saturated heterocycles. The molecular weight excluding hydrogens is 350 g/mol. The molecule has 2 aromatic heterocycles. The van der Waals surface area contributed by atoms with E-state index in [2.05, 4.69) is 9.97 Å². The van der Waals surface area contributed by atoms with Gasteiger partial charge < -0.3 is 24.1 Å². The standard InChI is InChI=1S/C19H17N3O5/c1-26-12-4-2-11(3-5-12)16-6-7-17(27-16)18(23)22-9-14-13(20-10-21-14)8-15(22)19(24)25/h2-7,10,15H,8-9H2,1H3,(H,20,21)(H,24,25)/t15-/m0/s1. The summed E-state index contributed by atoms with van der Waals surface area (Å²) in [6.07, 6.45) is 1.66. The number of fused-ring (bicyclic) bond motifs is 1. The van der Waals surface area contributed by atoms with Crippen molar-refractivity contribution in [3.8, 4) is 17.1 Å². The molecule has 8 heteroatoms. The fourth-order valence-electron chi connectivity index (χ4n) is 3.17. The first kappa shape index (κ1) is 16.9. The van der Waals surface area contributed by atoms with Crippen molar-refractivity contribution in [2.75, 3.05) is 7.11 Å². The highest BCUT2D eigenvalue weighted by Crippen LogP contribution is 2.27. The number of H-pyrrole nitrogens is 1. The Kier molecular flexibility index (Phi) is 4.15. The lowest BCUT2D eigenvalue weighted by Crippen LogP contribution is -2.48. The van der Waals surface area contributed by atoms with Crippen molar-refractivity contribution in [3.63, 3.8) is 0 Å². The van der Waals surface area contributed by atoms with Crippen molar-refractivity contribution in [2.45, 2.75) is 19.0 Å². The lowest BCUT2D eigenvalue weighted by atomic mass is 10.0. The maximum atomic E-state index is 12.9. The smallest absolute Gasteiger partial charge is 0.326 e. The van der Waals surface area contributed by atoms with Gasteiger partial charge >= 0.3 is 5.97 Å².